The van der Waals surface area contributed by atoms with Crippen molar-refractivity contribution in [3.63, 3.8) is 0 Å². The quantitative estimate of drug-likeness (QED) is 0.0245. The van der Waals surface area contributed by atoms with Crippen LogP contribution in [0.25, 0.3) is 0 Å². The molecule has 6 heteroatoms. The third kappa shape index (κ3) is 43.9. The van der Waals surface area contributed by atoms with Gasteiger partial charge in [-0.25, -0.2) is 0 Å². The molecule has 0 aromatic carbocycles. The second kappa shape index (κ2) is 49.3. The highest BCUT2D eigenvalue weighted by Gasteiger charge is 2.24. The summed E-state index contributed by atoms with van der Waals surface area (Å²) in [4.78, 5) is 26.1. The van der Waals surface area contributed by atoms with E-state index in [1.54, 1.807) is 0 Å². The zero-order valence-electron chi connectivity index (χ0n) is 40.7. The number of aliphatic hydroxyl groups excluding tert-OH is 2. The Hall–Kier alpha value is -2.70. The molecular formula is C56H99NO5. The highest BCUT2D eigenvalue weighted by Crippen LogP contribution is 2.17. The highest BCUT2D eigenvalue weighted by atomic mass is 16.5. The standard InChI is InChI=1S/C56H99NO5/c1-4-7-10-13-16-19-22-24-26-27-29-30-33-35-38-41-44-47-52(62-56(61)49-46-43-40-37-34-31-28-25-23-20-17-14-11-8-5-2)50-55(60)57-53(51-58)54(59)48-45-42-39-36-32-21-18-15-12-9-6-3/h16-17,19-20,23-26,29-30,35,38,52-54,58-59H,4-15,18,21-22,27-28,31-34,36-37,39-51H2,1-3H3,(H,57,60)/b19-16-,20-17+,25-23+,26-24-,30-29-,38-35-. The summed E-state index contributed by atoms with van der Waals surface area (Å²) in [5, 5.41) is 23.7. The lowest BCUT2D eigenvalue weighted by Crippen LogP contribution is -2.46. The van der Waals surface area contributed by atoms with Gasteiger partial charge < -0.3 is 20.3 Å². The topological polar surface area (TPSA) is 95.9 Å². The van der Waals surface area contributed by atoms with E-state index in [4.69, 9.17) is 4.74 Å². The summed E-state index contributed by atoms with van der Waals surface area (Å²) in [7, 11) is 0. The van der Waals surface area contributed by atoms with E-state index < -0.39 is 18.2 Å². The van der Waals surface area contributed by atoms with E-state index in [1.165, 1.54) is 122 Å². The molecule has 0 aromatic heterocycles. The highest BCUT2D eigenvalue weighted by molar-refractivity contribution is 5.77. The monoisotopic (exact) mass is 866 g/mol. The van der Waals surface area contributed by atoms with Gasteiger partial charge in [0.2, 0.25) is 5.91 Å². The van der Waals surface area contributed by atoms with E-state index in [-0.39, 0.29) is 24.9 Å². The van der Waals surface area contributed by atoms with Crippen LogP contribution in [0.3, 0.4) is 0 Å². The number of nitrogens with one attached hydrogen (secondary N) is 1. The number of rotatable bonds is 46. The molecule has 358 valence electrons. The second-order valence-corrected chi connectivity index (χ2v) is 17.6. The Labute approximate surface area is 383 Å². The van der Waals surface area contributed by atoms with Crippen LogP contribution in [0.1, 0.15) is 245 Å². The number of esters is 1. The molecule has 62 heavy (non-hydrogen) atoms. The van der Waals surface area contributed by atoms with Gasteiger partial charge in [-0.15, -0.1) is 0 Å². The molecule has 0 aromatic rings. The zero-order valence-corrected chi connectivity index (χ0v) is 40.7. The lowest BCUT2D eigenvalue weighted by molar-refractivity contribution is -0.151. The van der Waals surface area contributed by atoms with Gasteiger partial charge in [0.1, 0.15) is 6.10 Å². The molecule has 0 spiro atoms. The van der Waals surface area contributed by atoms with Gasteiger partial charge in [-0.05, 0) is 89.9 Å². The predicted octanol–water partition coefficient (Wildman–Crippen LogP) is 15.8. The predicted molar refractivity (Wildman–Crippen MR) is 268 cm³/mol. The molecule has 0 saturated carbocycles. The summed E-state index contributed by atoms with van der Waals surface area (Å²) in [6.45, 7) is 6.40. The van der Waals surface area contributed by atoms with Crippen LogP contribution in [0.15, 0.2) is 72.9 Å². The van der Waals surface area contributed by atoms with E-state index >= 15 is 0 Å². The maximum Gasteiger partial charge on any atom is 0.306 e. The van der Waals surface area contributed by atoms with Gasteiger partial charge in [-0.2, -0.15) is 0 Å². The fourth-order valence-electron chi connectivity index (χ4n) is 7.53. The smallest absolute Gasteiger partial charge is 0.306 e. The van der Waals surface area contributed by atoms with Crippen molar-refractivity contribution >= 4 is 11.9 Å². The SMILES string of the molecule is CCCCC/C=C\C/C=C\C/C=C\C/C=C\CCCC(CC(=O)NC(CO)C(O)CCCCCCCCCCCCC)OC(=O)CCCCCCCC/C=C/C=C/CCCCC. The molecule has 3 atom stereocenters. The number of hydrogen-bond acceptors (Lipinski definition) is 5. The minimum absolute atomic E-state index is 0.0329. The molecular weight excluding hydrogens is 767 g/mol. The number of unbranched alkanes of at least 4 members (excludes halogenated alkanes) is 23. The normalized spacial score (nSPS) is 13.8. The summed E-state index contributed by atoms with van der Waals surface area (Å²) >= 11 is 0. The number of ether oxygens (including phenoxy) is 1. The van der Waals surface area contributed by atoms with E-state index in [1.807, 2.05) is 0 Å². The summed E-state index contributed by atoms with van der Waals surface area (Å²) in [5.74, 6) is -0.543. The number of carbonyl (C=O) groups is 2. The molecule has 0 rings (SSSR count). The molecule has 0 radical (unpaired) electrons. The number of carbonyl (C=O) groups excluding carboxylic acids is 2. The van der Waals surface area contributed by atoms with Crippen molar-refractivity contribution in [3.8, 4) is 0 Å². The minimum atomic E-state index is -0.806. The van der Waals surface area contributed by atoms with Crippen molar-refractivity contribution in [2.24, 2.45) is 0 Å². The van der Waals surface area contributed by atoms with E-state index in [2.05, 4.69) is 99.0 Å². The fraction of sp³-hybridized carbons (Fsp3) is 0.750. The third-order valence-electron chi connectivity index (χ3n) is 11.5. The first-order valence-electron chi connectivity index (χ1n) is 26.2. The minimum Gasteiger partial charge on any atom is -0.462 e. The fourth-order valence-corrected chi connectivity index (χ4v) is 7.53. The Morgan fingerprint density at radius 1 is 0.484 bits per heavy atom. The summed E-state index contributed by atoms with van der Waals surface area (Å²) in [6.07, 6.45) is 62.4. The summed E-state index contributed by atoms with van der Waals surface area (Å²) in [5.41, 5.74) is 0. The average Bonchev–Trinajstić information content (AvgIpc) is 3.26. The third-order valence-corrected chi connectivity index (χ3v) is 11.5. The van der Waals surface area contributed by atoms with Crippen LogP contribution in [-0.2, 0) is 14.3 Å². The van der Waals surface area contributed by atoms with Crippen LogP contribution >= 0.6 is 0 Å². The van der Waals surface area contributed by atoms with Crippen molar-refractivity contribution < 1.29 is 24.5 Å². The van der Waals surface area contributed by atoms with Gasteiger partial charge in [0.05, 0.1) is 25.2 Å². The van der Waals surface area contributed by atoms with Gasteiger partial charge in [0.25, 0.3) is 0 Å². The molecule has 0 aliphatic rings. The van der Waals surface area contributed by atoms with Gasteiger partial charge in [0, 0.05) is 6.42 Å². The second-order valence-electron chi connectivity index (χ2n) is 17.6. The lowest BCUT2D eigenvalue weighted by Gasteiger charge is -2.24. The maximum atomic E-state index is 13.2. The number of aliphatic hydroxyl groups is 2. The van der Waals surface area contributed by atoms with Crippen molar-refractivity contribution in [2.45, 2.75) is 264 Å². The van der Waals surface area contributed by atoms with E-state index in [9.17, 15) is 19.8 Å². The molecule has 3 unspecified atom stereocenters. The molecule has 3 N–H and O–H groups in total. The van der Waals surface area contributed by atoms with Crippen molar-refractivity contribution in [1.29, 1.82) is 0 Å². The van der Waals surface area contributed by atoms with E-state index in [0.29, 0.717) is 19.3 Å². The number of hydrogen-bond donors (Lipinski definition) is 3. The first kappa shape index (κ1) is 59.3. The molecule has 0 saturated heterocycles. The molecule has 1 amide bonds. The summed E-state index contributed by atoms with van der Waals surface area (Å²) in [6, 6.07) is -0.723. The van der Waals surface area contributed by atoms with Crippen LogP contribution in [0, 0.1) is 0 Å². The zero-order chi connectivity index (χ0) is 45.2. The van der Waals surface area contributed by atoms with Crippen LogP contribution in [0.2, 0.25) is 0 Å². The van der Waals surface area contributed by atoms with Gasteiger partial charge in [-0.3, -0.25) is 9.59 Å². The Kier molecular flexibility index (Phi) is 47.2. The van der Waals surface area contributed by atoms with Crippen LogP contribution in [-0.4, -0.2) is 46.9 Å². The van der Waals surface area contributed by atoms with E-state index in [0.717, 1.165) is 77.0 Å². The molecule has 0 aliphatic carbocycles. The largest absolute Gasteiger partial charge is 0.462 e. The van der Waals surface area contributed by atoms with Gasteiger partial charge in [0.15, 0.2) is 0 Å². The Morgan fingerprint density at radius 3 is 1.40 bits per heavy atom. The Bertz CT molecular complexity index is 1150. The van der Waals surface area contributed by atoms with Crippen LogP contribution in [0.5, 0.6) is 0 Å². The first-order chi connectivity index (χ1) is 30.5. The first-order valence-corrected chi connectivity index (χ1v) is 26.2. The van der Waals surface area contributed by atoms with Gasteiger partial charge in [-0.1, -0.05) is 216 Å². The molecule has 0 aliphatic heterocycles. The maximum absolute atomic E-state index is 13.2. The van der Waals surface area contributed by atoms with Crippen molar-refractivity contribution in [3.05, 3.63) is 72.9 Å². The molecule has 0 heterocycles. The lowest BCUT2D eigenvalue weighted by atomic mass is 10.0. The number of allylic oxidation sites excluding steroid dienone is 12. The summed E-state index contributed by atoms with van der Waals surface area (Å²) < 4.78 is 5.91. The van der Waals surface area contributed by atoms with Crippen LogP contribution in [0.4, 0.5) is 0 Å². The van der Waals surface area contributed by atoms with Crippen molar-refractivity contribution in [2.75, 3.05) is 6.61 Å². The van der Waals surface area contributed by atoms with Crippen LogP contribution < -0.4 is 5.32 Å². The molecule has 0 fully saturated rings. The molecule has 6 nitrogen and oxygen atoms in total. The Morgan fingerprint density at radius 2 is 0.887 bits per heavy atom. The average molecular weight is 866 g/mol. The van der Waals surface area contributed by atoms with Gasteiger partial charge >= 0.3 is 5.97 Å². The van der Waals surface area contributed by atoms with Crippen molar-refractivity contribution in [1.82, 2.24) is 5.32 Å². The Balaban J connectivity index is 4.73. The molecule has 0 bridgehead atoms. The number of amides is 1.